The summed E-state index contributed by atoms with van der Waals surface area (Å²) in [5.74, 6) is -1.15. The van der Waals surface area contributed by atoms with Crippen molar-refractivity contribution in [3.05, 3.63) is 75.3 Å². The topological polar surface area (TPSA) is 86.5 Å². The zero-order valence-electron chi connectivity index (χ0n) is 11.8. The SMILES string of the molecule is CCOC(=O)c1cc([N+](=O)[O-])ccc1C(=O)c1ccccc1. The first-order chi connectivity index (χ1) is 10.5. The third-order valence-electron chi connectivity index (χ3n) is 2.99. The summed E-state index contributed by atoms with van der Waals surface area (Å²) in [7, 11) is 0. The lowest BCUT2D eigenvalue weighted by molar-refractivity contribution is -0.384. The van der Waals surface area contributed by atoms with Crippen LogP contribution in [0.25, 0.3) is 0 Å². The predicted octanol–water partition coefficient (Wildman–Crippen LogP) is 3.00. The third kappa shape index (κ3) is 3.17. The molecule has 0 N–H and O–H groups in total. The summed E-state index contributed by atoms with van der Waals surface area (Å²) in [5, 5.41) is 10.9. The summed E-state index contributed by atoms with van der Waals surface area (Å²) >= 11 is 0. The normalized spacial score (nSPS) is 10.0. The first-order valence-corrected chi connectivity index (χ1v) is 6.60. The Balaban J connectivity index is 2.52. The molecule has 0 saturated heterocycles. The Morgan fingerprint density at radius 2 is 1.77 bits per heavy atom. The molecule has 0 spiro atoms. The van der Waals surface area contributed by atoms with E-state index in [1.165, 1.54) is 12.1 Å². The first kappa shape index (κ1) is 15.4. The Morgan fingerprint density at radius 1 is 1.09 bits per heavy atom. The molecule has 22 heavy (non-hydrogen) atoms. The van der Waals surface area contributed by atoms with Gasteiger partial charge in [0.05, 0.1) is 17.1 Å². The van der Waals surface area contributed by atoms with Gasteiger partial charge in [-0.3, -0.25) is 14.9 Å². The van der Waals surface area contributed by atoms with Crippen molar-refractivity contribution >= 4 is 17.4 Å². The second kappa shape index (κ2) is 6.62. The average molecular weight is 299 g/mol. The Kier molecular flexibility index (Phi) is 4.63. The number of hydrogen-bond acceptors (Lipinski definition) is 5. The molecule has 0 aliphatic heterocycles. The molecule has 0 aliphatic rings. The van der Waals surface area contributed by atoms with Gasteiger partial charge in [0.1, 0.15) is 0 Å². The number of ether oxygens (including phenoxy) is 1. The molecule has 6 heteroatoms. The van der Waals surface area contributed by atoms with Crippen LogP contribution in [0, 0.1) is 10.1 Å². The molecule has 2 rings (SSSR count). The predicted molar refractivity (Wildman–Crippen MR) is 78.9 cm³/mol. The molecule has 0 bridgehead atoms. The van der Waals surface area contributed by atoms with E-state index < -0.39 is 16.7 Å². The van der Waals surface area contributed by atoms with E-state index in [2.05, 4.69) is 0 Å². The van der Waals surface area contributed by atoms with Crippen molar-refractivity contribution in [1.82, 2.24) is 0 Å². The maximum absolute atomic E-state index is 12.5. The largest absolute Gasteiger partial charge is 0.462 e. The summed E-state index contributed by atoms with van der Waals surface area (Å²) in [6.07, 6.45) is 0. The van der Waals surface area contributed by atoms with E-state index in [0.29, 0.717) is 5.56 Å². The van der Waals surface area contributed by atoms with Crippen LogP contribution in [0.4, 0.5) is 5.69 Å². The van der Waals surface area contributed by atoms with Crippen molar-refractivity contribution in [3.8, 4) is 0 Å². The van der Waals surface area contributed by atoms with Crippen molar-refractivity contribution in [2.24, 2.45) is 0 Å². The Bertz CT molecular complexity index is 725. The fourth-order valence-electron chi connectivity index (χ4n) is 1.97. The highest BCUT2D eigenvalue weighted by atomic mass is 16.6. The lowest BCUT2D eigenvalue weighted by Gasteiger charge is -2.08. The van der Waals surface area contributed by atoms with E-state index in [-0.39, 0.29) is 23.4 Å². The molecule has 0 amide bonds. The molecule has 0 unspecified atom stereocenters. The van der Waals surface area contributed by atoms with Crippen molar-refractivity contribution in [2.75, 3.05) is 6.61 Å². The number of ketones is 1. The third-order valence-corrected chi connectivity index (χ3v) is 2.99. The molecule has 0 heterocycles. The fourth-order valence-corrected chi connectivity index (χ4v) is 1.97. The summed E-state index contributed by atoms with van der Waals surface area (Å²) in [6.45, 7) is 1.73. The zero-order valence-corrected chi connectivity index (χ0v) is 11.8. The highest BCUT2D eigenvalue weighted by molar-refractivity contribution is 6.14. The molecular formula is C16H13NO5. The second-order valence-corrected chi connectivity index (χ2v) is 4.40. The van der Waals surface area contributed by atoms with Gasteiger partial charge in [-0.1, -0.05) is 30.3 Å². The number of rotatable bonds is 5. The fraction of sp³-hybridized carbons (Fsp3) is 0.125. The van der Waals surface area contributed by atoms with Gasteiger partial charge in [0.15, 0.2) is 5.78 Å². The summed E-state index contributed by atoms with van der Waals surface area (Å²) in [5.41, 5.74) is 0.0923. The number of hydrogen-bond donors (Lipinski definition) is 0. The lowest BCUT2D eigenvalue weighted by atomic mass is 9.98. The van der Waals surface area contributed by atoms with Crippen molar-refractivity contribution in [1.29, 1.82) is 0 Å². The Morgan fingerprint density at radius 3 is 2.36 bits per heavy atom. The smallest absolute Gasteiger partial charge is 0.339 e. The van der Waals surface area contributed by atoms with Crippen molar-refractivity contribution in [3.63, 3.8) is 0 Å². The standard InChI is InChI=1S/C16H13NO5/c1-2-22-16(19)14-10-12(17(20)21)8-9-13(14)15(18)11-6-4-3-5-7-11/h3-10H,2H2,1H3. The molecule has 2 aromatic rings. The van der Waals surface area contributed by atoms with Gasteiger partial charge in [-0.05, 0) is 13.0 Å². The minimum atomic E-state index is -0.759. The molecule has 0 fully saturated rings. The van der Waals surface area contributed by atoms with Crippen LogP contribution in [0.5, 0.6) is 0 Å². The van der Waals surface area contributed by atoms with Gasteiger partial charge in [-0.2, -0.15) is 0 Å². The number of esters is 1. The van der Waals surface area contributed by atoms with Gasteiger partial charge in [0.25, 0.3) is 5.69 Å². The molecule has 0 atom stereocenters. The molecule has 112 valence electrons. The van der Waals surface area contributed by atoms with Crippen molar-refractivity contribution < 1.29 is 19.2 Å². The second-order valence-electron chi connectivity index (χ2n) is 4.40. The Hall–Kier alpha value is -3.02. The summed E-state index contributed by atoms with van der Waals surface area (Å²) in [6, 6.07) is 11.9. The van der Waals surface area contributed by atoms with Crippen LogP contribution in [0.2, 0.25) is 0 Å². The number of nitrogens with zero attached hydrogens (tertiary/aromatic N) is 1. The van der Waals surface area contributed by atoms with E-state index in [1.807, 2.05) is 0 Å². The monoisotopic (exact) mass is 299 g/mol. The minimum Gasteiger partial charge on any atom is -0.462 e. The first-order valence-electron chi connectivity index (χ1n) is 6.60. The van der Waals surface area contributed by atoms with E-state index in [1.54, 1.807) is 37.3 Å². The van der Waals surface area contributed by atoms with Crippen molar-refractivity contribution in [2.45, 2.75) is 6.92 Å². The van der Waals surface area contributed by atoms with Gasteiger partial charge in [0, 0.05) is 23.3 Å². The van der Waals surface area contributed by atoms with Crippen LogP contribution in [-0.4, -0.2) is 23.3 Å². The van der Waals surface area contributed by atoms with Crippen LogP contribution < -0.4 is 0 Å². The molecule has 0 radical (unpaired) electrons. The van der Waals surface area contributed by atoms with E-state index in [0.717, 1.165) is 6.07 Å². The summed E-state index contributed by atoms with van der Waals surface area (Å²) in [4.78, 5) is 34.7. The van der Waals surface area contributed by atoms with Crippen LogP contribution in [0.15, 0.2) is 48.5 Å². The summed E-state index contributed by atoms with van der Waals surface area (Å²) < 4.78 is 4.88. The van der Waals surface area contributed by atoms with Gasteiger partial charge < -0.3 is 4.74 Å². The number of benzene rings is 2. The molecule has 0 saturated carbocycles. The quantitative estimate of drug-likeness (QED) is 0.366. The van der Waals surface area contributed by atoms with E-state index >= 15 is 0 Å². The number of nitro groups is 1. The van der Waals surface area contributed by atoms with Crippen LogP contribution in [-0.2, 0) is 4.74 Å². The van der Waals surface area contributed by atoms with Crippen LogP contribution in [0.1, 0.15) is 33.2 Å². The Labute approximate surface area is 126 Å². The molecule has 0 aliphatic carbocycles. The van der Waals surface area contributed by atoms with E-state index in [4.69, 9.17) is 4.74 Å². The number of carbonyl (C=O) groups excluding carboxylic acids is 2. The van der Waals surface area contributed by atoms with E-state index in [9.17, 15) is 19.7 Å². The molecular weight excluding hydrogens is 286 g/mol. The molecule has 6 nitrogen and oxygen atoms in total. The maximum atomic E-state index is 12.5. The lowest BCUT2D eigenvalue weighted by Crippen LogP contribution is -2.13. The maximum Gasteiger partial charge on any atom is 0.339 e. The van der Waals surface area contributed by atoms with Gasteiger partial charge in [-0.15, -0.1) is 0 Å². The minimum absolute atomic E-state index is 0.0789. The molecule has 0 aromatic heterocycles. The van der Waals surface area contributed by atoms with Gasteiger partial charge in [-0.25, -0.2) is 4.79 Å². The zero-order chi connectivity index (χ0) is 16.1. The molecule has 2 aromatic carbocycles. The number of carbonyl (C=O) groups is 2. The van der Waals surface area contributed by atoms with Crippen LogP contribution in [0.3, 0.4) is 0 Å². The van der Waals surface area contributed by atoms with Crippen LogP contribution >= 0.6 is 0 Å². The highest BCUT2D eigenvalue weighted by Crippen LogP contribution is 2.21. The van der Waals surface area contributed by atoms with Gasteiger partial charge >= 0.3 is 5.97 Å². The highest BCUT2D eigenvalue weighted by Gasteiger charge is 2.22. The van der Waals surface area contributed by atoms with Gasteiger partial charge in [0.2, 0.25) is 0 Å². The number of nitro benzene ring substituents is 1. The number of non-ortho nitro benzene ring substituents is 1. The average Bonchev–Trinajstić information content (AvgIpc) is 2.54.